The maximum atomic E-state index is 2.65. The fraction of sp³-hybridized carbons (Fsp3) is 0.200. The van der Waals surface area contributed by atoms with Crippen LogP contribution in [0.15, 0.2) is 117 Å². The van der Waals surface area contributed by atoms with E-state index in [0.29, 0.717) is 12.1 Å². The molecule has 2 aliphatic heterocycles. The molecule has 180 valence electrons. The van der Waals surface area contributed by atoms with E-state index in [0.717, 1.165) is 0 Å². The van der Waals surface area contributed by atoms with Gasteiger partial charge in [-0.15, -0.1) is 0 Å². The van der Waals surface area contributed by atoms with Gasteiger partial charge >= 0.3 is 7.12 Å². The van der Waals surface area contributed by atoms with E-state index in [9.17, 15) is 0 Å². The molecule has 0 saturated heterocycles. The quantitative estimate of drug-likeness (QED) is 0.249. The summed E-state index contributed by atoms with van der Waals surface area (Å²) >= 11 is 3.73. The SMILES string of the molecule is CC(C)N(B(N1c2ccccc2Sc2ccccc21)N1c2ccccc2Sc2ccccc21)C(C)C. The second-order valence-electron chi connectivity index (χ2n) is 9.80. The van der Waals surface area contributed by atoms with Gasteiger partial charge in [0.1, 0.15) is 0 Å². The molecule has 0 radical (unpaired) electrons. The van der Waals surface area contributed by atoms with Crippen LogP contribution in [-0.2, 0) is 0 Å². The third kappa shape index (κ3) is 3.92. The summed E-state index contributed by atoms with van der Waals surface area (Å²) in [6.45, 7) is 9.28. The zero-order valence-corrected chi connectivity index (χ0v) is 22.8. The van der Waals surface area contributed by atoms with Gasteiger partial charge in [-0.25, -0.2) is 0 Å². The van der Waals surface area contributed by atoms with Gasteiger partial charge in [0.25, 0.3) is 0 Å². The molecule has 0 aliphatic carbocycles. The average Bonchev–Trinajstić information content (AvgIpc) is 2.89. The van der Waals surface area contributed by atoms with Crippen molar-refractivity contribution in [3.8, 4) is 0 Å². The second-order valence-corrected chi connectivity index (χ2v) is 12.0. The van der Waals surface area contributed by atoms with E-state index in [1.54, 1.807) is 0 Å². The normalized spacial score (nSPS) is 14.0. The van der Waals surface area contributed by atoms with Crippen molar-refractivity contribution < 1.29 is 0 Å². The molecule has 3 nitrogen and oxygen atoms in total. The van der Waals surface area contributed by atoms with Crippen molar-refractivity contribution in [2.75, 3.05) is 9.62 Å². The molecule has 0 saturated carbocycles. The molecular weight excluding hydrogens is 477 g/mol. The van der Waals surface area contributed by atoms with E-state index < -0.39 is 0 Å². The molecule has 0 unspecified atom stereocenters. The van der Waals surface area contributed by atoms with E-state index in [2.05, 4.69) is 139 Å². The topological polar surface area (TPSA) is 9.72 Å². The van der Waals surface area contributed by atoms with Gasteiger partial charge in [0.05, 0.1) is 0 Å². The highest BCUT2D eigenvalue weighted by Crippen LogP contribution is 2.53. The molecule has 0 bridgehead atoms. The van der Waals surface area contributed by atoms with Gasteiger partial charge in [0.2, 0.25) is 0 Å². The van der Waals surface area contributed by atoms with Crippen LogP contribution in [0, 0.1) is 0 Å². The number of nitrogens with zero attached hydrogens (tertiary/aromatic N) is 3. The molecule has 0 amide bonds. The summed E-state index contributed by atoms with van der Waals surface area (Å²) in [5.74, 6) is 0. The summed E-state index contributed by atoms with van der Waals surface area (Å²) in [5, 5.41) is 0. The molecule has 4 aromatic rings. The molecule has 6 rings (SSSR count). The minimum Gasteiger partial charge on any atom is -0.349 e. The molecule has 2 aliphatic rings. The highest BCUT2D eigenvalue weighted by atomic mass is 32.2. The van der Waals surface area contributed by atoms with Gasteiger partial charge in [-0.2, -0.15) is 0 Å². The van der Waals surface area contributed by atoms with Crippen LogP contribution in [0.4, 0.5) is 22.7 Å². The number of rotatable bonds is 5. The van der Waals surface area contributed by atoms with Crippen molar-refractivity contribution in [1.29, 1.82) is 0 Å². The van der Waals surface area contributed by atoms with Crippen LogP contribution in [0.5, 0.6) is 0 Å². The lowest BCUT2D eigenvalue weighted by atomic mass is 9.77. The number of hydrogen-bond donors (Lipinski definition) is 0. The van der Waals surface area contributed by atoms with Crippen molar-refractivity contribution in [3.63, 3.8) is 0 Å². The average molecular weight is 508 g/mol. The summed E-state index contributed by atoms with van der Waals surface area (Å²) < 4.78 is 0. The number of fused-ring (bicyclic) bond motifs is 4. The Morgan fingerprint density at radius 2 is 0.778 bits per heavy atom. The maximum Gasteiger partial charge on any atom is 0.480 e. The van der Waals surface area contributed by atoms with Gasteiger partial charge in [0, 0.05) is 42.3 Å². The lowest BCUT2D eigenvalue weighted by Gasteiger charge is -2.50. The number of hydrogen-bond acceptors (Lipinski definition) is 5. The highest BCUT2D eigenvalue weighted by molar-refractivity contribution is 8.00. The molecule has 0 atom stereocenters. The first-order valence-corrected chi connectivity index (χ1v) is 14.3. The van der Waals surface area contributed by atoms with E-state index in [4.69, 9.17) is 0 Å². The standard InChI is InChI=1S/C30H30BN3S2/c1-21(2)32(22(3)4)31(33-23-13-5-9-17-27(23)35-28-18-10-6-14-24(28)33)34-25-15-7-11-19-29(25)36-30-20-12-8-16-26(30)34/h5-22H,1-4H3. The molecule has 0 aromatic heterocycles. The largest absolute Gasteiger partial charge is 0.480 e. The Bertz CT molecular complexity index is 1210. The summed E-state index contributed by atoms with van der Waals surface area (Å²) in [5.41, 5.74) is 5.02. The molecule has 2 heterocycles. The Hall–Kier alpha value is -2.80. The van der Waals surface area contributed by atoms with Gasteiger partial charge in [-0.1, -0.05) is 99.7 Å². The number of para-hydroxylation sites is 4. The van der Waals surface area contributed by atoms with Gasteiger partial charge < -0.3 is 9.62 Å². The van der Waals surface area contributed by atoms with Crippen molar-refractivity contribution in [2.45, 2.75) is 59.4 Å². The van der Waals surface area contributed by atoms with Crippen LogP contribution >= 0.6 is 23.5 Å². The van der Waals surface area contributed by atoms with Crippen LogP contribution in [-0.4, -0.2) is 24.0 Å². The Balaban J connectivity index is 1.66. The summed E-state index contributed by atoms with van der Waals surface area (Å²) in [4.78, 5) is 13.0. The van der Waals surface area contributed by atoms with Crippen LogP contribution in [0.3, 0.4) is 0 Å². The third-order valence-electron chi connectivity index (χ3n) is 6.86. The summed E-state index contributed by atoms with van der Waals surface area (Å²) in [6, 6.07) is 36.1. The highest BCUT2D eigenvalue weighted by Gasteiger charge is 2.46. The van der Waals surface area contributed by atoms with E-state index in [1.165, 1.54) is 42.3 Å². The van der Waals surface area contributed by atoms with Crippen LogP contribution in [0.25, 0.3) is 0 Å². The Labute approximate surface area is 223 Å². The number of benzene rings is 4. The maximum absolute atomic E-state index is 2.65. The predicted octanol–water partition coefficient (Wildman–Crippen LogP) is 8.70. The summed E-state index contributed by atoms with van der Waals surface area (Å²) in [7, 11) is -0.0589. The molecule has 0 spiro atoms. The fourth-order valence-corrected chi connectivity index (χ4v) is 7.62. The first-order chi connectivity index (χ1) is 17.5. The molecule has 6 heteroatoms. The van der Waals surface area contributed by atoms with E-state index >= 15 is 0 Å². The van der Waals surface area contributed by atoms with E-state index in [-0.39, 0.29) is 7.12 Å². The van der Waals surface area contributed by atoms with Crippen molar-refractivity contribution in [2.24, 2.45) is 0 Å². The zero-order valence-electron chi connectivity index (χ0n) is 21.1. The first-order valence-electron chi connectivity index (χ1n) is 12.6. The van der Waals surface area contributed by atoms with Gasteiger partial charge in [-0.05, 0) is 60.6 Å². The van der Waals surface area contributed by atoms with Gasteiger partial charge in [-0.3, -0.25) is 4.81 Å². The Kier molecular flexibility index (Phi) is 6.28. The third-order valence-corrected chi connectivity index (χ3v) is 9.12. The monoisotopic (exact) mass is 507 g/mol. The lowest BCUT2D eigenvalue weighted by molar-refractivity contribution is 0.301. The fourth-order valence-electron chi connectivity index (χ4n) is 5.48. The minimum atomic E-state index is -0.0589. The van der Waals surface area contributed by atoms with Gasteiger partial charge in [0.15, 0.2) is 0 Å². The molecule has 0 fully saturated rings. The minimum absolute atomic E-state index is 0.0589. The van der Waals surface area contributed by atoms with Crippen molar-refractivity contribution in [1.82, 2.24) is 4.81 Å². The van der Waals surface area contributed by atoms with E-state index in [1.807, 2.05) is 23.5 Å². The van der Waals surface area contributed by atoms with Crippen molar-refractivity contribution in [3.05, 3.63) is 97.1 Å². The Morgan fingerprint density at radius 3 is 1.06 bits per heavy atom. The smallest absolute Gasteiger partial charge is 0.349 e. The molecule has 0 N–H and O–H groups in total. The molecule has 36 heavy (non-hydrogen) atoms. The number of anilines is 4. The molecule has 4 aromatic carbocycles. The van der Waals surface area contributed by atoms with Crippen LogP contribution in [0.1, 0.15) is 27.7 Å². The molecular formula is C30H30BN3S2. The lowest BCUT2D eigenvalue weighted by Crippen LogP contribution is -2.65. The van der Waals surface area contributed by atoms with Crippen molar-refractivity contribution >= 4 is 53.4 Å². The second kappa shape index (κ2) is 9.58. The summed E-state index contributed by atoms with van der Waals surface area (Å²) in [6.07, 6.45) is 0. The Morgan fingerprint density at radius 1 is 0.500 bits per heavy atom. The van der Waals surface area contributed by atoms with Crippen LogP contribution < -0.4 is 9.62 Å². The van der Waals surface area contributed by atoms with Crippen LogP contribution in [0.2, 0.25) is 0 Å². The first kappa shape index (κ1) is 23.6. The predicted molar refractivity (Wildman–Crippen MR) is 156 cm³/mol. The zero-order chi connectivity index (χ0) is 24.8.